The van der Waals surface area contributed by atoms with Crippen LogP contribution >= 0.6 is 11.3 Å². The standard InChI is InChI=1S/C35H26N2S/c1-3-12-31-24(7-1)14-15-26-18-21-30-29-10-2-4-13-32(29)38-35(30)34(26)37(31)27-19-16-23(17-20-27)28-11-5-8-25-9-6-22-36-33(25)28/h1-3,5-10,12,14-22,28H,4,11,13H2. The smallest absolute Gasteiger partial charge is 0.0712 e. The number of para-hydroxylation sites is 1. The van der Waals surface area contributed by atoms with E-state index >= 15 is 0 Å². The molecule has 3 heteroatoms. The number of aromatic nitrogens is 1. The van der Waals surface area contributed by atoms with Crippen LogP contribution in [0.5, 0.6) is 0 Å². The zero-order valence-electron chi connectivity index (χ0n) is 21.0. The highest BCUT2D eigenvalue weighted by Crippen LogP contribution is 2.49. The number of pyridine rings is 1. The predicted octanol–water partition coefficient (Wildman–Crippen LogP) is 9.76. The maximum Gasteiger partial charge on any atom is 0.0712 e. The van der Waals surface area contributed by atoms with Gasteiger partial charge in [0.1, 0.15) is 0 Å². The molecule has 1 unspecified atom stereocenters. The van der Waals surface area contributed by atoms with Crippen molar-refractivity contribution in [3.8, 4) is 0 Å². The molecule has 2 aliphatic carbocycles. The van der Waals surface area contributed by atoms with Gasteiger partial charge in [0.25, 0.3) is 0 Å². The molecule has 1 atom stereocenters. The third-order valence-corrected chi connectivity index (χ3v) is 9.36. The van der Waals surface area contributed by atoms with Gasteiger partial charge in [0.2, 0.25) is 0 Å². The van der Waals surface area contributed by atoms with Gasteiger partial charge in [0, 0.05) is 33.6 Å². The van der Waals surface area contributed by atoms with E-state index in [2.05, 4.69) is 108 Å². The van der Waals surface area contributed by atoms with Crippen LogP contribution in [0.15, 0.2) is 91.1 Å². The normalized spacial score (nSPS) is 17.1. The summed E-state index contributed by atoms with van der Waals surface area (Å²) in [6.45, 7) is 0. The Morgan fingerprint density at radius 3 is 2.58 bits per heavy atom. The van der Waals surface area contributed by atoms with E-state index in [-0.39, 0.29) is 5.92 Å². The Labute approximate surface area is 226 Å². The third kappa shape index (κ3) is 3.35. The highest BCUT2D eigenvalue weighted by molar-refractivity contribution is 7.20. The van der Waals surface area contributed by atoms with Crippen molar-refractivity contribution in [1.82, 2.24) is 4.98 Å². The molecule has 38 heavy (non-hydrogen) atoms. The number of benzene rings is 3. The Kier molecular flexibility index (Phi) is 4.99. The van der Waals surface area contributed by atoms with Crippen LogP contribution in [0.1, 0.15) is 57.1 Å². The fourth-order valence-electron chi connectivity index (χ4n) is 6.23. The van der Waals surface area contributed by atoms with Crippen LogP contribution < -0.4 is 4.90 Å². The van der Waals surface area contributed by atoms with Crippen LogP contribution in [0.2, 0.25) is 0 Å². The summed E-state index contributed by atoms with van der Waals surface area (Å²) in [4.78, 5) is 8.74. The number of thiophene rings is 1. The average molecular weight is 507 g/mol. The number of fused-ring (bicyclic) bond motifs is 7. The lowest BCUT2D eigenvalue weighted by Gasteiger charge is -2.28. The number of hydrogen-bond donors (Lipinski definition) is 0. The Hall–Kier alpha value is -4.21. The number of allylic oxidation sites excluding steroid dienone is 2. The quantitative estimate of drug-likeness (QED) is 0.232. The van der Waals surface area contributed by atoms with Crippen LogP contribution in [-0.4, -0.2) is 4.98 Å². The largest absolute Gasteiger partial charge is 0.308 e. The lowest BCUT2D eigenvalue weighted by Crippen LogP contribution is -2.12. The van der Waals surface area contributed by atoms with Crippen molar-refractivity contribution in [1.29, 1.82) is 0 Å². The molecule has 0 N–H and O–H groups in total. The third-order valence-electron chi connectivity index (χ3n) is 8.07. The van der Waals surface area contributed by atoms with Crippen molar-refractivity contribution >= 4 is 62.8 Å². The molecule has 0 amide bonds. The summed E-state index contributed by atoms with van der Waals surface area (Å²) < 4.78 is 1.38. The van der Waals surface area contributed by atoms with Gasteiger partial charge in [-0.2, -0.15) is 0 Å². The van der Waals surface area contributed by atoms with Crippen LogP contribution in [0.25, 0.3) is 34.4 Å². The predicted molar refractivity (Wildman–Crippen MR) is 163 cm³/mol. The van der Waals surface area contributed by atoms with Gasteiger partial charge in [-0.15, -0.1) is 11.3 Å². The minimum absolute atomic E-state index is 0.290. The molecule has 3 heterocycles. The average Bonchev–Trinajstić information content (AvgIpc) is 3.27. The number of hydrogen-bond acceptors (Lipinski definition) is 3. The molecule has 8 rings (SSSR count). The molecule has 0 radical (unpaired) electrons. The lowest BCUT2D eigenvalue weighted by atomic mass is 9.86. The Balaban J connectivity index is 1.30. The molecule has 0 saturated heterocycles. The lowest BCUT2D eigenvalue weighted by molar-refractivity contribution is 0.783. The number of anilines is 3. The Bertz CT molecular complexity index is 1800. The second-order valence-corrected chi connectivity index (χ2v) is 11.4. The van der Waals surface area contributed by atoms with E-state index in [1.54, 1.807) is 0 Å². The Morgan fingerprint density at radius 1 is 0.763 bits per heavy atom. The first-order chi connectivity index (χ1) is 18.8. The second kappa shape index (κ2) is 8.68. The molecule has 0 fully saturated rings. The number of aryl methyl sites for hydroxylation is 1. The summed E-state index contributed by atoms with van der Waals surface area (Å²) in [6.07, 6.45) is 18.8. The molecule has 0 spiro atoms. The molecular formula is C35H26N2S. The maximum atomic E-state index is 4.75. The molecule has 0 saturated carbocycles. The van der Waals surface area contributed by atoms with Gasteiger partial charge in [0.15, 0.2) is 0 Å². The van der Waals surface area contributed by atoms with Gasteiger partial charge in [-0.25, -0.2) is 0 Å². The second-order valence-electron chi connectivity index (χ2n) is 10.2. The van der Waals surface area contributed by atoms with Crippen molar-refractivity contribution in [2.24, 2.45) is 0 Å². The molecule has 1 aliphatic heterocycles. The van der Waals surface area contributed by atoms with Gasteiger partial charge in [0.05, 0.1) is 21.8 Å². The first-order valence-corrected chi connectivity index (χ1v) is 14.2. The fraction of sp³-hybridized carbons (Fsp3) is 0.114. The summed E-state index contributed by atoms with van der Waals surface area (Å²) >= 11 is 1.97. The van der Waals surface area contributed by atoms with Crippen LogP contribution in [0, 0.1) is 0 Å². The maximum absolute atomic E-state index is 4.75. The molecule has 5 aromatic rings. The summed E-state index contributed by atoms with van der Waals surface area (Å²) in [5.41, 5.74) is 11.3. The van der Waals surface area contributed by atoms with E-state index in [9.17, 15) is 0 Å². The monoisotopic (exact) mass is 506 g/mol. The highest BCUT2D eigenvalue weighted by Gasteiger charge is 2.26. The molecular weight excluding hydrogens is 480 g/mol. The van der Waals surface area contributed by atoms with E-state index in [1.165, 1.54) is 65.5 Å². The van der Waals surface area contributed by atoms with E-state index in [4.69, 9.17) is 4.98 Å². The first-order valence-electron chi connectivity index (χ1n) is 13.4. The minimum atomic E-state index is 0.290. The van der Waals surface area contributed by atoms with Crippen molar-refractivity contribution < 1.29 is 0 Å². The summed E-state index contributed by atoms with van der Waals surface area (Å²) in [7, 11) is 0. The fourth-order valence-corrected chi connectivity index (χ4v) is 7.58. The van der Waals surface area contributed by atoms with Crippen molar-refractivity contribution in [2.75, 3.05) is 4.90 Å². The summed E-state index contributed by atoms with van der Waals surface area (Å²) in [6, 6.07) is 26.8. The molecule has 3 aliphatic rings. The highest BCUT2D eigenvalue weighted by atomic mass is 32.1. The molecule has 2 aromatic heterocycles. The van der Waals surface area contributed by atoms with Crippen LogP contribution in [-0.2, 0) is 6.42 Å². The minimum Gasteiger partial charge on any atom is -0.308 e. The van der Waals surface area contributed by atoms with E-state index in [0.717, 1.165) is 19.3 Å². The van der Waals surface area contributed by atoms with Crippen LogP contribution in [0.4, 0.5) is 17.1 Å². The van der Waals surface area contributed by atoms with E-state index in [1.807, 2.05) is 23.6 Å². The van der Waals surface area contributed by atoms with Gasteiger partial charge >= 0.3 is 0 Å². The van der Waals surface area contributed by atoms with Crippen LogP contribution in [0.3, 0.4) is 0 Å². The van der Waals surface area contributed by atoms with Gasteiger partial charge < -0.3 is 4.90 Å². The number of rotatable bonds is 2. The van der Waals surface area contributed by atoms with E-state index < -0.39 is 0 Å². The van der Waals surface area contributed by atoms with Crippen molar-refractivity contribution in [3.05, 3.63) is 130 Å². The summed E-state index contributed by atoms with van der Waals surface area (Å²) in [5.74, 6) is 0.290. The van der Waals surface area contributed by atoms with Crippen molar-refractivity contribution in [3.63, 3.8) is 0 Å². The topological polar surface area (TPSA) is 16.1 Å². The Morgan fingerprint density at radius 2 is 1.63 bits per heavy atom. The van der Waals surface area contributed by atoms with Crippen molar-refractivity contribution in [2.45, 2.75) is 25.2 Å². The zero-order chi connectivity index (χ0) is 25.1. The van der Waals surface area contributed by atoms with Gasteiger partial charge in [-0.1, -0.05) is 85.0 Å². The number of nitrogens with zero attached hydrogens (tertiary/aromatic N) is 2. The molecule has 2 nitrogen and oxygen atoms in total. The van der Waals surface area contributed by atoms with Gasteiger partial charge in [-0.05, 0) is 65.8 Å². The molecule has 0 bridgehead atoms. The molecule has 182 valence electrons. The molecule has 3 aromatic carbocycles. The zero-order valence-corrected chi connectivity index (χ0v) is 21.8. The SMILES string of the molecule is C1=Cc2c(sc3c4c(ccc23)C=Cc2ccccc2N4c2ccc(C3CC=Cc4cccnc43)cc2)CC1. The first kappa shape index (κ1) is 21.8. The van der Waals surface area contributed by atoms with Gasteiger partial charge in [-0.3, -0.25) is 4.98 Å². The summed E-state index contributed by atoms with van der Waals surface area (Å²) in [5, 5.41) is 1.37. The van der Waals surface area contributed by atoms with E-state index in [0.29, 0.717) is 0 Å².